The van der Waals surface area contributed by atoms with Gasteiger partial charge in [-0.05, 0) is 23.8 Å². The summed E-state index contributed by atoms with van der Waals surface area (Å²) in [5.74, 6) is -1.26. The summed E-state index contributed by atoms with van der Waals surface area (Å²) < 4.78 is 56.3. The molecule has 0 bridgehead atoms. The van der Waals surface area contributed by atoms with Crippen LogP contribution in [0.25, 0.3) is 0 Å². The SMILES string of the molecule is CN1OC[C@H](S(=O)(=O)N2CCN(Cc3ccccc3)CC2)[C@H]1c1cc(F)ccc1F. The van der Waals surface area contributed by atoms with Gasteiger partial charge < -0.3 is 0 Å². The molecule has 30 heavy (non-hydrogen) atoms. The van der Waals surface area contributed by atoms with E-state index in [-0.39, 0.29) is 12.2 Å². The average molecular weight is 438 g/mol. The molecule has 2 saturated heterocycles. The van der Waals surface area contributed by atoms with Crippen LogP contribution in [0.2, 0.25) is 0 Å². The van der Waals surface area contributed by atoms with Crippen molar-refractivity contribution in [3.63, 3.8) is 0 Å². The van der Waals surface area contributed by atoms with E-state index in [1.54, 1.807) is 7.05 Å². The zero-order valence-electron chi connectivity index (χ0n) is 16.7. The first kappa shape index (κ1) is 21.3. The molecule has 4 rings (SSSR count). The van der Waals surface area contributed by atoms with E-state index in [0.29, 0.717) is 26.2 Å². The molecule has 2 aromatic carbocycles. The molecular weight excluding hydrogens is 412 g/mol. The third kappa shape index (κ3) is 4.26. The summed E-state index contributed by atoms with van der Waals surface area (Å²) >= 11 is 0. The zero-order chi connectivity index (χ0) is 21.3. The fourth-order valence-electron chi connectivity index (χ4n) is 4.16. The van der Waals surface area contributed by atoms with Gasteiger partial charge in [-0.2, -0.15) is 9.37 Å². The minimum atomic E-state index is -3.77. The summed E-state index contributed by atoms with van der Waals surface area (Å²) in [6, 6.07) is 12.2. The Morgan fingerprint density at radius 1 is 1.03 bits per heavy atom. The van der Waals surface area contributed by atoms with Crippen LogP contribution in [-0.4, -0.2) is 67.8 Å². The summed E-state index contributed by atoms with van der Waals surface area (Å²) in [7, 11) is -2.22. The number of hydroxylamine groups is 2. The summed E-state index contributed by atoms with van der Waals surface area (Å²) in [4.78, 5) is 7.64. The highest BCUT2D eigenvalue weighted by molar-refractivity contribution is 7.89. The average Bonchev–Trinajstić information content (AvgIpc) is 3.13. The van der Waals surface area contributed by atoms with Gasteiger partial charge in [0.2, 0.25) is 10.0 Å². The standard InChI is InChI=1S/C21H25F2N3O3S/c1-24-21(18-13-17(22)7-8-19(18)23)20(15-29-24)30(27,28)26-11-9-25(10-12-26)14-16-5-3-2-4-6-16/h2-8,13,20-21H,9-12,14-15H2,1H3/t20-,21+/m0/s1. The van der Waals surface area contributed by atoms with Crippen molar-refractivity contribution in [2.24, 2.45) is 0 Å². The molecule has 2 aromatic rings. The van der Waals surface area contributed by atoms with Gasteiger partial charge in [-0.1, -0.05) is 30.3 Å². The maximum Gasteiger partial charge on any atom is 0.221 e. The van der Waals surface area contributed by atoms with E-state index in [9.17, 15) is 17.2 Å². The van der Waals surface area contributed by atoms with Crippen LogP contribution in [0, 0.1) is 11.6 Å². The molecule has 2 atom stereocenters. The normalized spacial score (nSPS) is 24.4. The Morgan fingerprint density at radius 2 is 1.73 bits per heavy atom. The van der Waals surface area contributed by atoms with Crippen molar-refractivity contribution < 1.29 is 22.0 Å². The van der Waals surface area contributed by atoms with Crippen LogP contribution in [0.3, 0.4) is 0 Å². The molecule has 2 aliphatic heterocycles. The fourth-order valence-corrected chi connectivity index (χ4v) is 6.09. The van der Waals surface area contributed by atoms with Crippen molar-refractivity contribution in [2.45, 2.75) is 17.8 Å². The van der Waals surface area contributed by atoms with Crippen LogP contribution in [0.4, 0.5) is 8.78 Å². The number of sulfonamides is 1. The van der Waals surface area contributed by atoms with Gasteiger partial charge in [-0.3, -0.25) is 9.74 Å². The quantitative estimate of drug-likeness (QED) is 0.719. The van der Waals surface area contributed by atoms with E-state index in [1.807, 2.05) is 30.3 Å². The van der Waals surface area contributed by atoms with Crippen LogP contribution < -0.4 is 0 Å². The van der Waals surface area contributed by atoms with Gasteiger partial charge in [0.25, 0.3) is 0 Å². The van der Waals surface area contributed by atoms with Crippen molar-refractivity contribution in [3.05, 3.63) is 71.3 Å². The molecule has 6 nitrogen and oxygen atoms in total. The second kappa shape index (κ2) is 8.68. The van der Waals surface area contributed by atoms with Crippen LogP contribution in [-0.2, 0) is 21.4 Å². The van der Waals surface area contributed by atoms with Gasteiger partial charge in [0.15, 0.2) is 0 Å². The lowest BCUT2D eigenvalue weighted by atomic mass is 10.0. The van der Waals surface area contributed by atoms with E-state index >= 15 is 0 Å². The van der Waals surface area contributed by atoms with Crippen LogP contribution in [0.1, 0.15) is 17.2 Å². The first-order valence-corrected chi connectivity index (χ1v) is 11.4. The Bertz CT molecular complexity index is 982. The van der Waals surface area contributed by atoms with Crippen molar-refractivity contribution in [3.8, 4) is 0 Å². The van der Waals surface area contributed by atoms with Gasteiger partial charge in [-0.25, -0.2) is 17.2 Å². The summed E-state index contributed by atoms with van der Waals surface area (Å²) in [5.41, 5.74) is 1.17. The highest BCUT2D eigenvalue weighted by atomic mass is 32.2. The first-order chi connectivity index (χ1) is 14.4. The monoisotopic (exact) mass is 437 g/mol. The molecule has 0 saturated carbocycles. The second-order valence-corrected chi connectivity index (χ2v) is 9.85. The van der Waals surface area contributed by atoms with Crippen LogP contribution in [0.15, 0.2) is 48.5 Å². The number of nitrogens with zero attached hydrogens (tertiary/aromatic N) is 3. The summed E-state index contributed by atoms with van der Waals surface area (Å²) in [5, 5.41) is 0.311. The number of hydrogen-bond donors (Lipinski definition) is 0. The second-order valence-electron chi connectivity index (χ2n) is 7.70. The maximum atomic E-state index is 14.4. The molecule has 0 N–H and O–H groups in total. The van der Waals surface area contributed by atoms with E-state index in [4.69, 9.17) is 4.84 Å². The Morgan fingerprint density at radius 3 is 2.43 bits per heavy atom. The summed E-state index contributed by atoms with van der Waals surface area (Å²) in [6.45, 7) is 2.60. The van der Waals surface area contributed by atoms with Crippen molar-refractivity contribution in [2.75, 3.05) is 39.8 Å². The van der Waals surface area contributed by atoms with Crippen molar-refractivity contribution in [1.29, 1.82) is 0 Å². The highest BCUT2D eigenvalue weighted by Gasteiger charge is 2.47. The molecule has 9 heteroatoms. The Balaban J connectivity index is 1.48. The van der Waals surface area contributed by atoms with E-state index in [0.717, 1.165) is 24.7 Å². The minimum absolute atomic E-state index is 0.00807. The van der Waals surface area contributed by atoms with Crippen molar-refractivity contribution >= 4 is 10.0 Å². The predicted molar refractivity (Wildman–Crippen MR) is 109 cm³/mol. The van der Waals surface area contributed by atoms with Gasteiger partial charge in [-0.15, -0.1) is 0 Å². The number of benzene rings is 2. The lowest BCUT2D eigenvalue weighted by molar-refractivity contribution is -0.111. The van der Waals surface area contributed by atoms with Crippen LogP contribution in [0.5, 0.6) is 0 Å². The lowest BCUT2D eigenvalue weighted by Gasteiger charge is -2.36. The third-order valence-electron chi connectivity index (χ3n) is 5.79. The van der Waals surface area contributed by atoms with E-state index in [2.05, 4.69) is 4.90 Å². The van der Waals surface area contributed by atoms with Gasteiger partial charge in [0.05, 0.1) is 12.6 Å². The van der Waals surface area contributed by atoms with Crippen molar-refractivity contribution in [1.82, 2.24) is 14.3 Å². The fraction of sp³-hybridized carbons (Fsp3) is 0.429. The molecular formula is C21H25F2N3O3S. The minimum Gasteiger partial charge on any atom is -0.297 e. The Hall–Kier alpha value is -1.91. The van der Waals surface area contributed by atoms with Gasteiger partial charge >= 0.3 is 0 Å². The summed E-state index contributed by atoms with van der Waals surface area (Å²) in [6.07, 6.45) is 0. The lowest BCUT2D eigenvalue weighted by Crippen LogP contribution is -2.52. The van der Waals surface area contributed by atoms with E-state index in [1.165, 1.54) is 14.9 Å². The molecule has 0 radical (unpaired) electrons. The molecule has 2 heterocycles. The van der Waals surface area contributed by atoms with Gasteiger partial charge in [0.1, 0.15) is 16.9 Å². The molecule has 2 fully saturated rings. The number of halogens is 2. The van der Waals surface area contributed by atoms with Gasteiger partial charge in [0, 0.05) is 45.3 Å². The maximum absolute atomic E-state index is 14.4. The molecule has 2 aliphatic rings. The largest absolute Gasteiger partial charge is 0.297 e. The Labute approximate surface area is 175 Å². The predicted octanol–water partition coefficient (Wildman–Crippen LogP) is 2.40. The molecule has 0 aromatic heterocycles. The number of rotatable bonds is 5. The topological polar surface area (TPSA) is 53.1 Å². The molecule has 0 spiro atoms. The molecule has 162 valence electrons. The first-order valence-electron chi connectivity index (χ1n) is 9.92. The zero-order valence-corrected chi connectivity index (χ0v) is 17.6. The van der Waals surface area contributed by atoms with Crippen LogP contribution >= 0.6 is 0 Å². The highest BCUT2D eigenvalue weighted by Crippen LogP contribution is 2.36. The number of hydrogen-bond acceptors (Lipinski definition) is 5. The van der Waals surface area contributed by atoms with E-state index < -0.39 is 32.9 Å². The molecule has 0 amide bonds. The molecule has 0 unspecified atom stereocenters. The molecule has 0 aliphatic carbocycles. The Kier molecular flexibility index (Phi) is 6.17. The number of piperazine rings is 1. The third-order valence-corrected chi connectivity index (χ3v) is 8.03. The smallest absolute Gasteiger partial charge is 0.221 e.